The Morgan fingerprint density at radius 3 is 2.95 bits per heavy atom. The van der Waals surface area contributed by atoms with Crippen molar-refractivity contribution in [3.63, 3.8) is 0 Å². The highest BCUT2D eigenvalue weighted by Gasteiger charge is 2.10. The summed E-state index contributed by atoms with van der Waals surface area (Å²) in [4.78, 5) is 15.9. The van der Waals surface area contributed by atoms with Crippen LogP contribution in [0.4, 0.5) is 0 Å². The van der Waals surface area contributed by atoms with Crippen LogP contribution in [0.2, 0.25) is 5.15 Å². The van der Waals surface area contributed by atoms with E-state index in [1.165, 1.54) is 18.0 Å². The number of hydrogen-bond donors (Lipinski definition) is 0. The van der Waals surface area contributed by atoms with Gasteiger partial charge in [-0.2, -0.15) is 5.26 Å². The molecule has 1 aromatic carbocycles. The highest BCUT2D eigenvalue weighted by Crippen LogP contribution is 2.21. The summed E-state index contributed by atoms with van der Waals surface area (Å²) in [6, 6.07) is 7.07. The van der Waals surface area contributed by atoms with Crippen LogP contribution in [0.15, 0.2) is 33.8 Å². The number of methoxy groups -OCH3 is 1. The minimum absolute atomic E-state index is 0.115. The molecular weight excluding hydrogens is 346 g/mol. The number of halogens is 2. The zero-order chi connectivity index (χ0) is 14.7. The topological polar surface area (TPSA) is 67.9 Å². The maximum atomic E-state index is 12.0. The maximum absolute atomic E-state index is 12.0. The van der Waals surface area contributed by atoms with Crippen molar-refractivity contribution in [2.45, 2.75) is 6.54 Å². The Hall–Kier alpha value is -1.84. The van der Waals surface area contributed by atoms with E-state index in [1.54, 1.807) is 18.2 Å². The number of ether oxygens (including phenoxy) is 1. The molecule has 0 aliphatic rings. The second-order valence-electron chi connectivity index (χ2n) is 3.92. The van der Waals surface area contributed by atoms with Crippen LogP contribution in [0.3, 0.4) is 0 Å². The summed E-state index contributed by atoms with van der Waals surface area (Å²) in [5.74, 6) is 0.599. The molecule has 0 atom stereocenters. The Bertz CT molecular complexity index is 752. The van der Waals surface area contributed by atoms with Gasteiger partial charge in [0.25, 0.3) is 5.56 Å². The third-order valence-electron chi connectivity index (χ3n) is 2.69. The summed E-state index contributed by atoms with van der Waals surface area (Å²) >= 11 is 8.85. The van der Waals surface area contributed by atoms with E-state index in [9.17, 15) is 4.79 Å². The van der Waals surface area contributed by atoms with Crippen molar-refractivity contribution >= 4 is 27.5 Å². The van der Waals surface area contributed by atoms with Crippen molar-refractivity contribution in [2.75, 3.05) is 7.11 Å². The number of rotatable bonds is 3. The molecule has 0 N–H and O–H groups in total. The van der Waals surface area contributed by atoms with E-state index in [0.717, 1.165) is 0 Å². The van der Waals surface area contributed by atoms with Gasteiger partial charge in [0, 0.05) is 5.56 Å². The molecule has 5 nitrogen and oxygen atoms in total. The molecule has 102 valence electrons. The van der Waals surface area contributed by atoms with E-state index < -0.39 is 0 Å². The lowest BCUT2D eigenvalue weighted by Gasteiger charge is -2.11. The van der Waals surface area contributed by atoms with Crippen LogP contribution >= 0.6 is 27.5 Å². The third-order valence-corrected chi connectivity index (χ3v) is 3.92. The van der Waals surface area contributed by atoms with E-state index in [0.29, 0.717) is 16.9 Å². The van der Waals surface area contributed by atoms with E-state index in [-0.39, 0.29) is 21.7 Å². The van der Waals surface area contributed by atoms with Crippen LogP contribution in [-0.4, -0.2) is 16.7 Å². The van der Waals surface area contributed by atoms with Crippen molar-refractivity contribution in [1.82, 2.24) is 9.55 Å². The van der Waals surface area contributed by atoms with Gasteiger partial charge < -0.3 is 4.74 Å². The van der Waals surface area contributed by atoms with Crippen LogP contribution in [0.1, 0.15) is 11.1 Å². The van der Waals surface area contributed by atoms with Crippen molar-refractivity contribution < 1.29 is 4.74 Å². The molecule has 0 fully saturated rings. The van der Waals surface area contributed by atoms with Gasteiger partial charge in [-0.15, -0.1) is 0 Å². The summed E-state index contributed by atoms with van der Waals surface area (Å²) in [6.45, 7) is 0.236. The predicted molar refractivity (Wildman–Crippen MR) is 78.0 cm³/mol. The number of nitrogens with zero attached hydrogens (tertiary/aromatic N) is 3. The van der Waals surface area contributed by atoms with Gasteiger partial charge in [0.2, 0.25) is 0 Å². The minimum atomic E-state index is -0.297. The second kappa shape index (κ2) is 6.07. The average molecular weight is 355 g/mol. The van der Waals surface area contributed by atoms with Crippen LogP contribution in [0.5, 0.6) is 5.75 Å². The molecule has 0 amide bonds. The average Bonchev–Trinajstić information content (AvgIpc) is 2.47. The number of aromatic nitrogens is 2. The molecule has 20 heavy (non-hydrogen) atoms. The molecule has 0 saturated carbocycles. The smallest absolute Gasteiger partial charge is 0.269 e. The Kier molecular flexibility index (Phi) is 4.42. The zero-order valence-electron chi connectivity index (χ0n) is 10.4. The Balaban J connectivity index is 2.47. The van der Waals surface area contributed by atoms with Gasteiger partial charge in [-0.25, -0.2) is 4.98 Å². The molecule has 0 radical (unpaired) electrons. The summed E-state index contributed by atoms with van der Waals surface area (Å²) in [5.41, 5.74) is 0.911. The quantitative estimate of drug-likeness (QED) is 0.795. The molecule has 0 aliphatic carbocycles. The molecule has 0 saturated heterocycles. The van der Waals surface area contributed by atoms with Crippen molar-refractivity contribution in [3.05, 3.63) is 55.6 Å². The molecule has 1 aromatic heterocycles. The molecular formula is C13H9BrClN3O2. The second-order valence-corrected chi connectivity index (χ2v) is 5.07. The zero-order valence-corrected chi connectivity index (χ0v) is 12.8. The van der Waals surface area contributed by atoms with Crippen LogP contribution in [0.25, 0.3) is 0 Å². The highest BCUT2D eigenvalue weighted by molar-refractivity contribution is 9.10. The van der Waals surface area contributed by atoms with Gasteiger partial charge in [0.15, 0.2) is 5.15 Å². The lowest BCUT2D eigenvalue weighted by Crippen LogP contribution is -2.22. The SMILES string of the molecule is COc1ccc(C#N)cc1Cn1cnc(Cl)c(Br)c1=O. The summed E-state index contributed by atoms with van der Waals surface area (Å²) in [6.07, 6.45) is 1.36. The minimum Gasteiger partial charge on any atom is -0.496 e. The van der Waals surface area contributed by atoms with Crippen molar-refractivity contribution in [1.29, 1.82) is 5.26 Å². The Morgan fingerprint density at radius 2 is 2.30 bits per heavy atom. The first kappa shape index (κ1) is 14.6. The first-order valence-electron chi connectivity index (χ1n) is 5.54. The molecule has 0 unspecified atom stereocenters. The molecule has 0 spiro atoms. The number of hydrogen-bond acceptors (Lipinski definition) is 4. The fraction of sp³-hybridized carbons (Fsp3) is 0.154. The van der Waals surface area contributed by atoms with Crippen molar-refractivity contribution in [3.8, 4) is 11.8 Å². The molecule has 2 aromatic rings. The summed E-state index contributed by atoms with van der Waals surface area (Å²) in [5, 5.41) is 9.04. The lowest BCUT2D eigenvalue weighted by molar-refractivity contribution is 0.408. The summed E-state index contributed by atoms with van der Waals surface area (Å²) in [7, 11) is 1.53. The lowest BCUT2D eigenvalue weighted by atomic mass is 10.1. The fourth-order valence-corrected chi connectivity index (χ4v) is 2.17. The standard InChI is InChI=1S/C13H9BrClN3O2/c1-20-10-3-2-8(5-16)4-9(10)6-18-7-17-12(15)11(14)13(18)19/h2-4,7H,6H2,1H3. The van der Waals surface area contributed by atoms with Gasteiger partial charge in [0.1, 0.15) is 10.2 Å². The molecule has 0 aliphatic heterocycles. The van der Waals surface area contributed by atoms with Gasteiger partial charge in [-0.1, -0.05) is 11.6 Å². The van der Waals surface area contributed by atoms with E-state index in [1.807, 2.05) is 0 Å². The molecule has 2 rings (SSSR count). The monoisotopic (exact) mass is 353 g/mol. The van der Waals surface area contributed by atoms with E-state index in [4.69, 9.17) is 21.6 Å². The van der Waals surface area contributed by atoms with Crippen LogP contribution in [0, 0.1) is 11.3 Å². The van der Waals surface area contributed by atoms with Gasteiger partial charge >= 0.3 is 0 Å². The van der Waals surface area contributed by atoms with Gasteiger partial charge in [-0.3, -0.25) is 9.36 Å². The molecule has 1 heterocycles. The first-order chi connectivity index (χ1) is 9.56. The largest absolute Gasteiger partial charge is 0.496 e. The number of benzene rings is 1. The summed E-state index contributed by atoms with van der Waals surface area (Å²) < 4.78 is 6.82. The normalized spacial score (nSPS) is 10.1. The van der Waals surface area contributed by atoms with Crippen molar-refractivity contribution in [2.24, 2.45) is 0 Å². The maximum Gasteiger partial charge on any atom is 0.269 e. The van der Waals surface area contributed by atoms with Crippen LogP contribution in [-0.2, 0) is 6.54 Å². The highest BCUT2D eigenvalue weighted by atomic mass is 79.9. The van der Waals surface area contributed by atoms with Crippen LogP contribution < -0.4 is 10.3 Å². The fourth-order valence-electron chi connectivity index (χ4n) is 1.71. The predicted octanol–water partition coefficient (Wildman–Crippen LogP) is 2.59. The van der Waals surface area contributed by atoms with Gasteiger partial charge in [0.05, 0.1) is 31.6 Å². The number of nitriles is 1. The van der Waals surface area contributed by atoms with Gasteiger partial charge in [-0.05, 0) is 34.1 Å². The Labute approximate surface area is 128 Å². The molecule has 0 bridgehead atoms. The third kappa shape index (κ3) is 2.84. The van der Waals surface area contributed by atoms with E-state index >= 15 is 0 Å². The molecule has 7 heteroatoms. The van der Waals surface area contributed by atoms with E-state index in [2.05, 4.69) is 27.0 Å². The Morgan fingerprint density at radius 1 is 1.55 bits per heavy atom. The first-order valence-corrected chi connectivity index (χ1v) is 6.71.